The molecule has 0 aliphatic rings. The molecule has 0 atom stereocenters. The normalized spacial score (nSPS) is 12.0. The first-order valence-electron chi connectivity index (χ1n) is 21.9. The number of thiophene rings is 1. The van der Waals surface area contributed by atoms with Crippen LogP contribution in [0.25, 0.3) is 131 Å². The Morgan fingerprint density at radius 1 is 0.354 bits per heavy atom. The third kappa shape index (κ3) is 5.48. The smallest absolute Gasteiger partial charge is 0.167 e. The molecule has 302 valence electrons. The van der Waals surface area contributed by atoms with Crippen LogP contribution in [0.15, 0.2) is 212 Å². The molecular weight excluding hydrogens is 811 g/mol. The third-order valence-corrected chi connectivity index (χ3v) is 14.3. The molecule has 0 N–H and O–H groups in total. The fraction of sp³-hybridized carbons (Fsp3) is 0. The van der Waals surface area contributed by atoms with Gasteiger partial charge < -0.3 is 9.13 Å². The Bertz CT molecular complexity index is 4250. The van der Waals surface area contributed by atoms with Gasteiger partial charge in [-0.1, -0.05) is 152 Å². The van der Waals surface area contributed by atoms with Crippen LogP contribution in [-0.2, 0) is 0 Å². The number of aromatic nitrogens is 5. The SMILES string of the molecule is c1ccc(-n2c3ccccc3c3cccc(-c4nc(-c5ccc6ccccc6c5)nc(-c5c(-n6c7ccccc7c7cc8ccccc8cc76)ccc6c5sc5ccccc56)n4)c32)cc1. The lowest BCUT2D eigenvalue weighted by molar-refractivity contribution is 1.07. The van der Waals surface area contributed by atoms with E-state index in [2.05, 4.69) is 221 Å². The van der Waals surface area contributed by atoms with Crippen LogP contribution < -0.4 is 0 Å². The molecule has 14 aromatic rings. The quantitative estimate of drug-likeness (QED) is 0.173. The van der Waals surface area contributed by atoms with Gasteiger partial charge in [-0.05, 0) is 82.2 Å². The highest BCUT2D eigenvalue weighted by atomic mass is 32.1. The highest BCUT2D eigenvalue weighted by Crippen LogP contribution is 2.46. The predicted octanol–water partition coefficient (Wildman–Crippen LogP) is 15.7. The summed E-state index contributed by atoms with van der Waals surface area (Å²) in [6, 6.07) is 76.1. The molecule has 0 radical (unpaired) electrons. The highest BCUT2D eigenvalue weighted by molar-refractivity contribution is 7.26. The topological polar surface area (TPSA) is 48.5 Å². The maximum absolute atomic E-state index is 5.68. The Kier molecular flexibility index (Phi) is 7.79. The molecule has 0 aliphatic carbocycles. The molecular formula is C59H35N5S. The summed E-state index contributed by atoms with van der Waals surface area (Å²) in [5, 5.41) is 11.8. The second-order valence-corrected chi connectivity index (χ2v) is 17.8. The average molecular weight is 846 g/mol. The number of nitrogens with zero attached hydrogens (tertiary/aromatic N) is 5. The van der Waals surface area contributed by atoms with Crippen LogP contribution in [0.3, 0.4) is 0 Å². The van der Waals surface area contributed by atoms with E-state index in [-0.39, 0.29) is 0 Å². The van der Waals surface area contributed by atoms with Crippen molar-refractivity contribution >= 4 is 96.7 Å². The predicted molar refractivity (Wildman–Crippen MR) is 273 cm³/mol. The van der Waals surface area contributed by atoms with Gasteiger partial charge in [0.2, 0.25) is 0 Å². The first-order chi connectivity index (χ1) is 32.2. The van der Waals surface area contributed by atoms with Crippen LogP contribution >= 0.6 is 11.3 Å². The molecule has 0 unspecified atom stereocenters. The van der Waals surface area contributed by atoms with Gasteiger partial charge in [0.15, 0.2) is 17.5 Å². The molecule has 0 saturated heterocycles. The van der Waals surface area contributed by atoms with Crippen molar-refractivity contribution < 1.29 is 0 Å². The lowest BCUT2D eigenvalue weighted by atomic mass is 10.0. The van der Waals surface area contributed by atoms with Crippen molar-refractivity contribution in [3.05, 3.63) is 212 Å². The summed E-state index contributed by atoms with van der Waals surface area (Å²) >= 11 is 1.80. The molecule has 0 bridgehead atoms. The Morgan fingerprint density at radius 2 is 0.969 bits per heavy atom. The van der Waals surface area contributed by atoms with Crippen molar-refractivity contribution in [3.63, 3.8) is 0 Å². The monoisotopic (exact) mass is 845 g/mol. The van der Waals surface area contributed by atoms with Crippen LogP contribution in [0, 0.1) is 0 Å². The maximum atomic E-state index is 5.68. The fourth-order valence-corrected chi connectivity index (χ4v) is 11.4. The molecule has 0 saturated carbocycles. The van der Waals surface area contributed by atoms with Crippen molar-refractivity contribution in [3.8, 4) is 45.5 Å². The minimum atomic E-state index is 0.612. The third-order valence-electron chi connectivity index (χ3n) is 13.1. The molecule has 10 aromatic carbocycles. The summed E-state index contributed by atoms with van der Waals surface area (Å²) in [5.41, 5.74) is 9.36. The van der Waals surface area contributed by atoms with Crippen molar-refractivity contribution in [1.29, 1.82) is 0 Å². The van der Waals surface area contributed by atoms with Crippen molar-refractivity contribution in [1.82, 2.24) is 24.1 Å². The van der Waals surface area contributed by atoms with Crippen molar-refractivity contribution in [2.24, 2.45) is 0 Å². The van der Waals surface area contributed by atoms with E-state index in [0.717, 1.165) is 65.6 Å². The van der Waals surface area contributed by atoms with Gasteiger partial charge in [0, 0.05) is 58.5 Å². The molecule has 4 heterocycles. The van der Waals surface area contributed by atoms with Crippen molar-refractivity contribution in [2.75, 3.05) is 0 Å². The van der Waals surface area contributed by atoms with Gasteiger partial charge >= 0.3 is 0 Å². The van der Waals surface area contributed by atoms with E-state index in [1.165, 1.54) is 47.8 Å². The molecule has 0 amide bonds. The van der Waals surface area contributed by atoms with E-state index in [1.54, 1.807) is 11.3 Å². The Balaban J connectivity index is 1.13. The lowest BCUT2D eigenvalue weighted by Gasteiger charge is -2.16. The van der Waals surface area contributed by atoms with E-state index < -0.39 is 0 Å². The van der Waals surface area contributed by atoms with Crippen LogP contribution in [0.2, 0.25) is 0 Å². The number of benzene rings is 10. The van der Waals surface area contributed by atoms with Crippen molar-refractivity contribution in [2.45, 2.75) is 0 Å². The number of hydrogen-bond acceptors (Lipinski definition) is 4. The van der Waals surface area contributed by atoms with Gasteiger partial charge in [0.25, 0.3) is 0 Å². The van der Waals surface area contributed by atoms with Gasteiger partial charge in [0.1, 0.15) is 0 Å². The standard InChI is InChI=1S/C59H35N5S/c1-2-19-41(20-3-1)63-49-26-11-8-21-42(49)45-24-14-25-47(55(45)63)58-60-57(40-30-29-36-15-4-5-16-37(36)33-40)61-59(62-58)54-51(32-31-46-44-23-10-13-28-53(44)65-56(46)54)64-50-27-12-9-22-43(50)48-34-38-17-6-7-18-39(38)35-52(48)64/h1-35H. The van der Waals surface area contributed by atoms with Crippen LogP contribution in [-0.4, -0.2) is 24.1 Å². The summed E-state index contributed by atoms with van der Waals surface area (Å²) in [6.45, 7) is 0. The zero-order valence-corrected chi connectivity index (χ0v) is 35.7. The molecule has 0 spiro atoms. The summed E-state index contributed by atoms with van der Waals surface area (Å²) in [6.07, 6.45) is 0. The number of fused-ring (bicyclic) bond motifs is 11. The molecule has 5 nitrogen and oxygen atoms in total. The summed E-state index contributed by atoms with van der Waals surface area (Å²) < 4.78 is 7.15. The molecule has 65 heavy (non-hydrogen) atoms. The van der Waals surface area contributed by atoms with Gasteiger partial charge in [-0.15, -0.1) is 11.3 Å². The van der Waals surface area contributed by atoms with Crippen LogP contribution in [0.1, 0.15) is 0 Å². The van der Waals surface area contributed by atoms with Gasteiger partial charge in [0.05, 0.1) is 33.3 Å². The van der Waals surface area contributed by atoms with Gasteiger partial charge in [-0.2, -0.15) is 0 Å². The number of para-hydroxylation sites is 4. The van der Waals surface area contributed by atoms with E-state index in [0.29, 0.717) is 17.5 Å². The van der Waals surface area contributed by atoms with E-state index in [4.69, 9.17) is 15.0 Å². The first-order valence-corrected chi connectivity index (χ1v) is 22.8. The number of hydrogen-bond donors (Lipinski definition) is 0. The molecule has 4 aromatic heterocycles. The maximum Gasteiger partial charge on any atom is 0.167 e. The molecule has 0 aliphatic heterocycles. The summed E-state index contributed by atoms with van der Waals surface area (Å²) in [7, 11) is 0. The largest absolute Gasteiger partial charge is 0.309 e. The van der Waals surface area contributed by atoms with Crippen LogP contribution in [0.5, 0.6) is 0 Å². The van der Waals surface area contributed by atoms with Gasteiger partial charge in [-0.3, -0.25) is 0 Å². The Morgan fingerprint density at radius 3 is 1.78 bits per heavy atom. The lowest BCUT2D eigenvalue weighted by Crippen LogP contribution is -2.05. The van der Waals surface area contributed by atoms with E-state index in [1.807, 2.05) is 0 Å². The first kappa shape index (κ1) is 36.1. The van der Waals surface area contributed by atoms with Crippen LogP contribution in [0.4, 0.5) is 0 Å². The van der Waals surface area contributed by atoms with E-state index in [9.17, 15) is 0 Å². The molecule has 6 heteroatoms. The second kappa shape index (κ2) is 14.0. The Hall–Kier alpha value is -8.45. The highest BCUT2D eigenvalue weighted by Gasteiger charge is 2.25. The zero-order chi connectivity index (χ0) is 42.6. The average Bonchev–Trinajstić information content (AvgIpc) is 4.03. The minimum absolute atomic E-state index is 0.612. The fourth-order valence-electron chi connectivity index (χ4n) is 10.2. The zero-order valence-electron chi connectivity index (χ0n) is 34.9. The number of rotatable bonds is 5. The molecule has 14 rings (SSSR count). The second-order valence-electron chi connectivity index (χ2n) is 16.8. The summed E-state index contributed by atoms with van der Waals surface area (Å²) in [4.78, 5) is 16.7. The summed E-state index contributed by atoms with van der Waals surface area (Å²) in [5.74, 6) is 1.85. The molecule has 0 fully saturated rings. The van der Waals surface area contributed by atoms with Gasteiger partial charge in [-0.25, -0.2) is 15.0 Å². The Labute approximate surface area is 376 Å². The van der Waals surface area contributed by atoms with E-state index >= 15 is 0 Å². The minimum Gasteiger partial charge on any atom is -0.309 e.